The third kappa shape index (κ3) is 6.69. The summed E-state index contributed by atoms with van der Waals surface area (Å²) < 4.78 is 58.3. The van der Waals surface area contributed by atoms with E-state index in [0.717, 1.165) is 37.6 Å². The molecule has 0 radical (unpaired) electrons. The number of hydrogen-bond acceptors (Lipinski definition) is 6. The minimum absolute atomic E-state index is 0.0252. The molecule has 9 nitrogen and oxygen atoms in total. The number of carbonyl (C=O) groups is 2. The minimum Gasteiger partial charge on any atom is -0.383 e. The van der Waals surface area contributed by atoms with Gasteiger partial charge in [-0.1, -0.05) is 30.7 Å². The number of allylic oxidation sites excluding steroid dienone is 1. The van der Waals surface area contributed by atoms with Crippen molar-refractivity contribution in [2.45, 2.75) is 76.0 Å². The summed E-state index contributed by atoms with van der Waals surface area (Å²) in [5, 5.41) is 11.2. The maximum Gasteiger partial charge on any atom is 0.416 e. The summed E-state index contributed by atoms with van der Waals surface area (Å²) in [5.41, 5.74) is 8.24. The zero-order valence-corrected chi connectivity index (χ0v) is 24.4. The summed E-state index contributed by atoms with van der Waals surface area (Å²) in [4.78, 5) is 33.9. The zero-order chi connectivity index (χ0) is 33.3. The Morgan fingerprint density at radius 2 is 1.91 bits per heavy atom. The highest BCUT2D eigenvalue weighted by Crippen LogP contribution is 2.39. The number of nitrogen functional groups attached to an aromatic ring is 1. The van der Waals surface area contributed by atoms with Crippen LogP contribution in [0.3, 0.4) is 0 Å². The SMILES string of the molecule is [2H]C1([2H])/C=C/c2cnc(N)c3c(-c4ccc(C(=O)Nc5cc(C(F)(F)F)ccn5)cc4)nn(c23)[C@@H]2CCC[C@H](C2)NC(=O)CCCC1. The standard InChI is InChI=1S/C33H34F3N7O2/c34-33(35,36)23-15-16-38-26(17-23)41-32(45)21-13-11-20(12-14-21)29-28-30-22(19-39-31(28)37)7-4-2-1-3-5-10-27(44)40-24-8-6-9-25(18-24)43(30)42-29/h4,7,11-17,19,24-25H,1-3,5-6,8-10,18H2,(H2,37,39)(H,40,44)(H,38,41,45)/b7-4+/t24-,25-/m1/s1/i2D2. The molecule has 12 heteroatoms. The average Bonchev–Trinajstić information content (AvgIpc) is 3.44. The Morgan fingerprint density at radius 1 is 1.09 bits per heavy atom. The lowest BCUT2D eigenvalue weighted by molar-refractivity contribution is -0.137. The van der Waals surface area contributed by atoms with Crippen LogP contribution in [-0.2, 0) is 11.0 Å². The molecule has 1 aromatic carbocycles. The molecular weight excluding hydrogens is 583 g/mol. The molecule has 2 bridgehead atoms. The number of anilines is 2. The van der Waals surface area contributed by atoms with Crippen LogP contribution >= 0.6 is 0 Å². The Hall–Kier alpha value is -4.74. The van der Waals surface area contributed by atoms with E-state index < -0.39 is 24.0 Å². The lowest BCUT2D eigenvalue weighted by Crippen LogP contribution is -2.39. The predicted molar refractivity (Wildman–Crippen MR) is 166 cm³/mol. The average molecular weight is 620 g/mol. The molecule has 0 spiro atoms. The van der Waals surface area contributed by atoms with Gasteiger partial charge in [-0.25, -0.2) is 9.97 Å². The highest BCUT2D eigenvalue weighted by Gasteiger charge is 2.31. The Bertz CT molecular complexity index is 1840. The number of alkyl halides is 3. The minimum atomic E-state index is -4.57. The summed E-state index contributed by atoms with van der Waals surface area (Å²) in [6.07, 6.45) is 4.66. The number of carbonyl (C=O) groups excluding carboxylic acids is 2. The third-order valence-electron chi connectivity index (χ3n) is 8.25. The molecule has 2 atom stereocenters. The molecule has 3 aromatic heterocycles. The summed E-state index contributed by atoms with van der Waals surface area (Å²) in [5.74, 6) is -0.660. The van der Waals surface area contributed by atoms with E-state index in [0.29, 0.717) is 53.4 Å². The monoisotopic (exact) mass is 619 g/mol. The highest BCUT2D eigenvalue weighted by molar-refractivity contribution is 6.06. The number of amides is 2. The smallest absolute Gasteiger partial charge is 0.383 e. The second-order valence-corrected chi connectivity index (χ2v) is 11.4. The number of fused-ring (bicyclic) bond motifs is 3. The number of nitrogens with one attached hydrogen (secondary N) is 2. The van der Waals surface area contributed by atoms with Crippen LogP contribution in [0.5, 0.6) is 0 Å². The summed E-state index contributed by atoms with van der Waals surface area (Å²) in [6, 6.07) is 7.92. The predicted octanol–water partition coefficient (Wildman–Crippen LogP) is 6.92. The fourth-order valence-corrected chi connectivity index (χ4v) is 6.01. The van der Waals surface area contributed by atoms with Crippen LogP contribution in [0.2, 0.25) is 0 Å². The molecule has 4 N–H and O–H groups in total. The molecule has 4 heterocycles. The number of halogens is 3. The quantitative estimate of drug-likeness (QED) is 0.228. The van der Waals surface area contributed by atoms with Gasteiger partial charge in [-0.2, -0.15) is 18.3 Å². The summed E-state index contributed by atoms with van der Waals surface area (Å²) >= 11 is 0. The van der Waals surface area contributed by atoms with E-state index >= 15 is 0 Å². The van der Waals surface area contributed by atoms with Gasteiger partial charge < -0.3 is 16.4 Å². The van der Waals surface area contributed by atoms with Gasteiger partial charge in [0, 0.05) is 44.3 Å². The van der Waals surface area contributed by atoms with Crippen LogP contribution in [0.25, 0.3) is 28.2 Å². The first-order valence-corrected chi connectivity index (χ1v) is 15.0. The number of benzene rings is 1. The van der Waals surface area contributed by atoms with Crippen molar-refractivity contribution in [3.63, 3.8) is 0 Å². The third-order valence-corrected chi connectivity index (χ3v) is 8.25. The first kappa shape index (κ1) is 27.8. The van der Waals surface area contributed by atoms with Crippen LogP contribution in [0.4, 0.5) is 24.8 Å². The van der Waals surface area contributed by atoms with Crippen molar-refractivity contribution in [3.05, 3.63) is 71.6 Å². The van der Waals surface area contributed by atoms with Gasteiger partial charge in [-0.15, -0.1) is 0 Å². The van der Waals surface area contributed by atoms with E-state index in [1.165, 1.54) is 18.2 Å². The molecule has 0 saturated heterocycles. The van der Waals surface area contributed by atoms with Crippen molar-refractivity contribution in [2.75, 3.05) is 11.1 Å². The second kappa shape index (κ2) is 12.7. The molecule has 2 amide bonds. The van der Waals surface area contributed by atoms with Crippen LogP contribution in [0, 0.1) is 0 Å². The fourth-order valence-electron chi connectivity index (χ4n) is 6.01. The maximum atomic E-state index is 13.1. The van der Waals surface area contributed by atoms with E-state index in [9.17, 15) is 22.8 Å². The van der Waals surface area contributed by atoms with Crippen LogP contribution < -0.4 is 16.4 Å². The van der Waals surface area contributed by atoms with Gasteiger partial charge in [0.15, 0.2) is 0 Å². The fraction of sp³-hybridized carbons (Fsp3) is 0.364. The number of hydrogen-bond donors (Lipinski definition) is 3. The number of pyridine rings is 2. The van der Waals surface area contributed by atoms with E-state index in [1.54, 1.807) is 24.4 Å². The van der Waals surface area contributed by atoms with Gasteiger partial charge in [0.05, 0.1) is 22.5 Å². The van der Waals surface area contributed by atoms with Crippen molar-refractivity contribution in [3.8, 4) is 11.3 Å². The van der Waals surface area contributed by atoms with Gasteiger partial charge in [0.2, 0.25) is 5.91 Å². The van der Waals surface area contributed by atoms with Crippen LogP contribution in [0.15, 0.2) is 54.9 Å². The molecule has 2 aliphatic rings. The Labute approximate surface area is 260 Å². The van der Waals surface area contributed by atoms with Crippen LogP contribution in [-0.4, -0.2) is 37.6 Å². The summed E-state index contributed by atoms with van der Waals surface area (Å²) in [6.45, 7) is 0. The van der Waals surface area contributed by atoms with Gasteiger partial charge in [0.1, 0.15) is 17.3 Å². The molecule has 234 valence electrons. The molecule has 45 heavy (non-hydrogen) atoms. The zero-order valence-electron chi connectivity index (χ0n) is 26.4. The van der Waals surface area contributed by atoms with Gasteiger partial charge >= 0.3 is 6.18 Å². The van der Waals surface area contributed by atoms with E-state index in [4.69, 9.17) is 13.6 Å². The number of aromatic nitrogens is 4. The van der Waals surface area contributed by atoms with E-state index in [-0.39, 0.29) is 41.6 Å². The van der Waals surface area contributed by atoms with E-state index in [2.05, 4.69) is 20.6 Å². The highest BCUT2D eigenvalue weighted by atomic mass is 19.4. The van der Waals surface area contributed by atoms with Crippen molar-refractivity contribution in [2.24, 2.45) is 0 Å². The van der Waals surface area contributed by atoms with E-state index in [1.807, 2.05) is 4.68 Å². The van der Waals surface area contributed by atoms with Gasteiger partial charge in [-0.05, 0) is 69.2 Å². The Balaban J connectivity index is 1.38. The van der Waals surface area contributed by atoms with Crippen LogP contribution in [0.1, 0.15) is 88.0 Å². The molecular formula is C33H34F3N7O2. The lowest BCUT2D eigenvalue weighted by Gasteiger charge is -2.30. The Morgan fingerprint density at radius 3 is 2.71 bits per heavy atom. The maximum absolute atomic E-state index is 13.1. The normalized spacial score (nSPS) is 21.9. The molecule has 1 aliphatic heterocycles. The number of nitrogens with two attached hydrogens (primary N) is 1. The molecule has 4 aromatic rings. The van der Waals surface area contributed by atoms with Crippen molar-refractivity contribution < 1.29 is 25.5 Å². The largest absolute Gasteiger partial charge is 0.416 e. The first-order chi connectivity index (χ1) is 22.4. The topological polar surface area (TPSA) is 128 Å². The van der Waals surface area contributed by atoms with Crippen molar-refractivity contribution in [1.29, 1.82) is 0 Å². The summed E-state index contributed by atoms with van der Waals surface area (Å²) in [7, 11) is 0. The molecule has 1 aliphatic carbocycles. The Kier molecular flexibility index (Phi) is 7.84. The first-order valence-electron chi connectivity index (χ1n) is 16.0. The molecule has 1 fully saturated rings. The van der Waals surface area contributed by atoms with Gasteiger partial charge in [-0.3, -0.25) is 14.3 Å². The lowest BCUT2D eigenvalue weighted by atomic mass is 9.90. The number of rotatable bonds is 3. The molecule has 6 rings (SSSR count). The molecule has 0 unspecified atom stereocenters. The second-order valence-electron chi connectivity index (χ2n) is 11.4. The van der Waals surface area contributed by atoms with Gasteiger partial charge in [0.25, 0.3) is 5.91 Å². The molecule has 1 saturated carbocycles. The number of nitrogens with zero attached hydrogens (tertiary/aromatic N) is 4. The van der Waals surface area contributed by atoms with Crippen molar-refractivity contribution in [1.82, 2.24) is 25.1 Å². The van der Waals surface area contributed by atoms with Crippen molar-refractivity contribution >= 4 is 40.4 Å².